The van der Waals surface area contributed by atoms with Gasteiger partial charge in [0.05, 0.1) is 25.1 Å². The smallest absolute Gasteiger partial charge is 0.326 e. The van der Waals surface area contributed by atoms with E-state index in [-0.39, 0.29) is 12.0 Å². The first-order valence-corrected chi connectivity index (χ1v) is 7.99. The van der Waals surface area contributed by atoms with Crippen molar-refractivity contribution in [3.8, 4) is 0 Å². The minimum absolute atomic E-state index is 0.152. The van der Waals surface area contributed by atoms with Gasteiger partial charge in [-0.25, -0.2) is 0 Å². The standard InChI is InChI=1S/C14H27NO3S/c1-6-18-13(16)14(5,15-10(2)3)7-11(4)19-12-8-17-9-12/h10-12,15H,6-9H2,1-5H3. The van der Waals surface area contributed by atoms with Gasteiger partial charge in [0.15, 0.2) is 0 Å². The Balaban J connectivity index is 2.58. The summed E-state index contributed by atoms with van der Waals surface area (Å²) < 4.78 is 10.4. The van der Waals surface area contributed by atoms with E-state index >= 15 is 0 Å². The Morgan fingerprint density at radius 3 is 2.53 bits per heavy atom. The Hall–Kier alpha value is -0.260. The molecule has 0 bridgehead atoms. The highest BCUT2D eigenvalue weighted by molar-refractivity contribution is 8.00. The van der Waals surface area contributed by atoms with Gasteiger partial charge in [0, 0.05) is 11.3 Å². The second-order valence-corrected chi connectivity index (χ2v) is 7.41. The van der Waals surface area contributed by atoms with Crippen LogP contribution in [0.5, 0.6) is 0 Å². The minimum Gasteiger partial charge on any atom is -0.465 e. The molecule has 5 heteroatoms. The molecule has 1 heterocycles. The van der Waals surface area contributed by atoms with Gasteiger partial charge >= 0.3 is 5.97 Å². The van der Waals surface area contributed by atoms with Crippen LogP contribution in [0, 0.1) is 0 Å². The molecule has 0 aromatic rings. The molecule has 0 aromatic carbocycles. The van der Waals surface area contributed by atoms with Gasteiger partial charge in [-0.1, -0.05) is 6.92 Å². The molecule has 4 nitrogen and oxygen atoms in total. The molecule has 19 heavy (non-hydrogen) atoms. The average Bonchev–Trinajstić information content (AvgIpc) is 2.22. The summed E-state index contributed by atoms with van der Waals surface area (Å²) in [6, 6.07) is 0.249. The number of ether oxygens (including phenoxy) is 2. The van der Waals surface area contributed by atoms with Gasteiger partial charge in [0.25, 0.3) is 0 Å². The molecule has 112 valence electrons. The molecule has 1 rings (SSSR count). The van der Waals surface area contributed by atoms with E-state index in [9.17, 15) is 4.79 Å². The molecule has 0 radical (unpaired) electrons. The monoisotopic (exact) mass is 289 g/mol. The number of carbonyl (C=O) groups is 1. The van der Waals surface area contributed by atoms with Crippen LogP contribution >= 0.6 is 11.8 Å². The van der Waals surface area contributed by atoms with Crippen molar-refractivity contribution in [3.63, 3.8) is 0 Å². The maximum absolute atomic E-state index is 12.2. The van der Waals surface area contributed by atoms with Gasteiger partial charge < -0.3 is 9.47 Å². The van der Waals surface area contributed by atoms with E-state index in [1.54, 1.807) is 0 Å². The fourth-order valence-corrected chi connectivity index (χ4v) is 3.81. The zero-order valence-electron chi connectivity index (χ0n) is 12.7. The van der Waals surface area contributed by atoms with Crippen molar-refractivity contribution in [1.29, 1.82) is 0 Å². The second kappa shape index (κ2) is 7.50. The number of rotatable bonds is 8. The van der Waals surface area contributed by atoms with Crippen LogP contribution in [0.1, 0.15) is 41.0 Å². The molecule has 1 fully saturated rings. The number of carbonyl (C=O) groups excluding carboxylic acids is 1. The fraction of sp³-hybridized carbons (Fsp3) is 0.929. The number of thioether (sulfide) groups is 1. The van der Waals surface area contributed by atoms with Crippen LogP contribution in [0.2, 0.25) is 0 Å². The lowest BCUT2D eigenvalue weighted by Gasteiger charge is -2.35. The number of esters is 1. The number of hydrogen-bond donors (Lipinski definition) is 1. The quantitative estimate of drug-likeness (QED) is 0.694. The summed E-state index contributed by atoms with van der Waals surface area (Å²) in [7, 11) is 0. The van der Waals surface area contributed by atoms with E-state index < -0.39 is 5.54 Å². The van der Waals surface area contributed by atoms with E-state index in [0.29, 0.717) is 17.1 Å². The predicted molar refractivity (Wildman–Crippen MR) is 79.6 cm³/mol. The van der Waals surface area contributed by atoms with Crippen molar-refractivity contribution in [2.45, 2.75) is 63.1 Å². The topological polar surface area (TPSA) is 47.6 Å². The van der Waals surface area contributed by atoms with Crippen LogP contribution in [0.25, 0.3) is 0 Å². The van der Waals surface area contributed by atoms with Crippen molar-refractivity contribution < 1.29 is 14.3 Å². The maximum atomic E-state index is 12.2. The van der Waals surface area contributed by atoms with E-state index in [0.717, 1.165) is 19.6 Å². The van der Waals surface area contributed by atoms with Gasteiger partial charge in [0.2, 0.25) is 0 Å². The molecule has 1 saturated heterocycles. The third-order valence-corrected chi connectivity index (χ3v) is 4.35. The summed E-state index contributed by atoms with van der Waals surface area (Å²) in [5.41, 5.74) is -0.610. The second-order valence-electron chi connectivity index (χ2n) is 5.66. The van der Waals surface area contributed by atoms with Crippen LogP contribution in [0.4, 0.5) is 0 Å². The molecule has 1 aliphatic heterocycles. The third kappa shape index (κ3) is 5.32. The minimum atomic E-state index is -0.610. The molecule has 2 unspecified atom stereocenters. The van der Waals surface area contributed by atoms with E-state index in [4.69, 9.17) is 9.47 Å². The van der Waals surface area contributed by atoms with Crippen LogP contribution in [0.3, 0.4) is 0 Å². The first-order valence-electron chi connectivity index (χ1n) is 7.05. The Bertz CT molecular complexity index is 294. The lowest BCUT2D eigenvalue weighted by Crippen LogP contribution is -2.54. The van der Waals surface area contributed by atoms with Crippen molar-refractivity contribution >= 4 is 17.7 Å². The van der Waals surface area contributed by atoms with Gasteiger partial charge in [0.1, 0.15) is 5.54 Å². The zero-order chi connectivity index (χ0) is 14.5. The molecule has 2 atom stereocenters. The maximum Gasteiger partial charge on any atom is 0.326 e. The molecular formula is C14H27NO3S. The van der Waals surface area contributed by atoms with Gasteiger partial charge in [-0.3, -0.25) is 10.1 Å². The largest absolute Gasteiger partial charge is 0.465 e. The van der Waals surface area contributed by atoms with Crippen LogP contribution in [0.15, 0.2) is 0 Å². The highest BCUT2D eigenvalue weighted by Gasteiger charge is 2.37. The molecule has 0 amide bonds. The van der Waals surface area contributed by atoms with Crippen molar-refractivity contribution in [3.05, 3.63) is 0 Å². The van der Waals surface area contributed by atoms with E-state index in [1.807, 2.05) is 25.6 Å². The van der Waals surface area contributed by atoms with Crippen LogP contribution in [-0.4, -0.2) is 47.9 Å². The Labute approximate surface area is 121 Å². The summed E-state index contributed by atoms with van der Waals surface area (Å²) in [5, 5.41) is 4.34. The van der Waals surface area contributed by atoms with Gasteiger partial charge in [-0.05, 0) is 34.1 Å². The third-order valence-electron chi connectivity index (χ3n) is 3.06. The Morgan fingerprint density at radius 1 is 1.47 bits per heavy atom. The molecule has 0 aromatic heterocycles. The van der Waals surface area contributed by atoms with Crippen molar-refractivity contribution in [2.75, 3.05) is 19.8 Å². The average molecular weight is 289 g/mol. The van der Waals surface area contributed by atoms with Crippen LogP contribution in [-0.2, 0) is 14.3 Å². The number of hydrogen-bond acceptors (Lipinski definition) is 5. The van der Waals surface area contributed by atoms with E-state index in [1.165, 1.54) is 0 Å². The highest BCUT2D eigenvalue weighted by Crippen LogP contribution is 2.29. The van der Waals surface area contributed by atoms with Crippen molar-refractivity contribution in [2.24, 2.45) is 0 Å². The molecule has 0 saturated carbocycles. The molecule has 0 aliphatic carbocycles. The van der Waals surface area contributed by atoms with Gasteiger partial charge in [-0.2, -0.15) is 11.8 Å². The first kappa shape index (κ1) is 16.8. The SMILES string of the molecule is CCOC(=O)C(C)(CC(C)SC1COC1)NC(C)C. The summed E-state index contributed by atoms with van der Waals surface area (Å²) in [6.07, 6.45) is 0.769. The lowest BCUT2D eigenvalue weighted by molar-refractivity contribution is -0.151. The van der Waals surface area contributed by atoms with Crippen molar-refractivity contribution in [1.82, 2.24) is 5.32 Å². The summed E-state index contributed by atoms with van der Waals surface area (Å²) >= 11 is 1.90. The zero-order valence-corrected chi connectivity index (χ0v) is 13.5. The Kier molecular flexibility index (Phi) is 6.63. The van der Waals surface area contributed by atoms with Gasteiger partial charge in [-0.15, -0.1) is 0 Å². The van der Waals surface area contributed by atoms with E-state index in [2.05, 4.69) is 26.1 Å². The summed E-state index contributed by atoms with van der Waals surface area (Å²) in [4.78, 5) is 12.2. The molecule has 0 spiro atoms. The predicted octanol–water partition coefficient (Wildman–Crippen LogP) is 2.22. The molecule has 1 aliphatic rings. The normalized spacial score (nSPS) is 20.7. The first-order chi connectivity index (χ1) is 8.87. The lowest BCUT2D eigenvalue weighted by atomic mass is 9.95. The highest BCUT2D eigenvalue weighted by atomic mass is 32.2. The summed E-state index contributed by atoms with van der Waals surface area (Å²) in [6.45, 7) is 12.2. The Morgan fingerprint density at radius 2 is 2.11 bits per heavy atom. The number of nitrogens with one attached hydrogen (secondary N) is 1. The fourth-order valence-electron chi connectivity index (χ4n) is 2.37. The summed E-state index contributed by atoms with van der Waals surface area (Å²) in [5.74, 6) is -0.152. The van der Waals surface area contributed by atoms with Crippen LogP contribution < -0.4 is 5.32 Å². The molecular weight excluding hydrogens is 262 g/mol. The molecule has 1 N–H and O–H groups in total.